The average Bonchev–Trinajstić information content (AvgIpc) is 3.63. The molecule has 0 saturated carbocycles. The van der Waals surface area contributed by atoms with Gasteiger partial charge in [-0.15, -0.1) is 10.2 Å². The SMILES string of the molecule is C[C@H](CO)n1cnnc1-c1cccc(NC(=O)c2cc3c(cc2F)CN(C(=O)N2CCCC2)C3)n1. The van der Waals surface area contributed by atoms with E-state index >= 15 is 0 Å². The van der Waals surface area contributed by atoms with Crippen molar-refractivity contribution in [1.82, 2.24) is 29.5 Å². The van der Waals surface area contributed by atoms with Crippen molar-refractivity contribution in [3.63, 3.8) is 0 Å². The maximum Gasteiger partial charge on any atom is 0.320 e. The van der Waals surface area contributed by atoms with Gasteiger partial charge in [-0.25, -0.2) is 14.2 Å². The summed E-state index contributed by atoms with van der Waals surface area (Å²) in [5, 5.41) is 20.1. The number of nitrogens with zero attached hydrogens (tertiary/aromatic N) is 6. The zero-order valence-corrected chi connectivity index (χ0v) is 19.3. The van der Waals surface area contributed by atoms with Gasteiger partial charge in [-0.3, -0.25) is 4.79 Å². The minimum atomic E-state index is -0.649. The summed E-state index contributed by atoms with van der Waals surface area (Å²) in [6.07, 6.45) is 3.50. The van der Waals surface area contributed by atoms with Crippen LogP contribution in [-0.4, -0.2) is 66.3 Å². The number of fused-ring (bicyclic) bond motifs is 1. The van der Waals surface area contributed by atoms with Crippen molar-refractivity contribution in [2.45, 2.75) is 38.9 Å². The maximum atomic E-state index is 14.9. The van der Waals surface area contributed by atoms with Crippen LogP contribution in [-0.2, 0) is 13.1 Å². The van der Waals surface area contributed by atoms with Crippen molar-refractivity contribution < 1.29 is 19.1 Å². The van der Waals surface area contributed by atoms with Crippen molar-refractivity contribution in [3.8, 4) is 11.5 Å². The molecule has 0 spiro atoms. The summed E-state index contributed by atoms with van der Waals surface area (Å²) >= 11 is 0. The topological polar surface area (TPSA) is 116 Å². The quantitative estimate of drug-likeness (QED) is 0.581. The second kappa shape index (κ2) is 9.41. The van der Waals surface area contributed by atoms with E-state index in [4.69, 9.17) is 0 Å². The summed E-state index contributed by atoms with van der Waals surface area (Å²) in [6.45, 7) is 3.89. The molecule has 0 bridgehead atoms. The Hall–Kier alpha value is -3.86. The molecule has 2 aliphatic heterocycles. The van der Waals surface area contributed by atoms with Crippen LogP contribution in [0.15, 0.2) is 36.7 Å². The largest absolute Gasteiger partial charge is 0.394 e. The number of halogens is 1. The van der Waals surface area contributed by atoms with Crippen LogP contribution in [0.5, 0.6) is 0 Å². The number of benzene rings is 1. The van der Waals surface area contributed by atoms with E-state index in [1.807, 2.05) is 11.8 Å². The molecule has 0 aliphatic carbocycles. The van der Waals surface area contributed by atoms with Crippen LogP contribution in [0.25, 0.3) is 11.5 Å². The summed E-state index contributed by atoms with van der Waals surface area (Å²) in [5.74, 6) is -0.618. The van der Waals surface area contributed by atoms with E-state index in [9.17, 15) is 19.1 Å². The third-order valence-electron chi connectivity index (χ3n) is 6.44. The molecule has 0 radical (unpaired) electrons. The standard InChI is InChI=1S/C24H26FN7O3/c1-15(13-33)32-14-26-29-22(32)20-5-4-6-21(27-20)28-23(34)18-9-16-11-31(12-17(16)10-19(18)25)24(35)30-7-2-3-8-30/h4-6,9-10,14-15,33H,2-3,7-8,11-13H2,1H3,(H,27,28,34)/t15-/m1/s1. The minimum absolute atomic E-state index is 0.0468. The van der Waals surface area contributed by atoms with Gasteiger partial charge in [0, 0.05) is 26.2 Å². The molecule has 1 aromatic carbocycles. The number of aliphatic hydroxyl groups is 1. The molecule has 1 saturated heterocycles. The first-order chi connectivity index (χ1) is 16.9. The molecule has 3 amide bonds. The predicted octanol–water partition coefficient (Wildman–Crippen LogP) is 2.82. The first kappa shape index (κ1) is 22.9. The van der Waals surface area contributed by atoms with Gasteiger partial charge in [0.1, 0.15) is 23.7 Å². The molecule has 2 aromatic heterocycles. The lowest BCUT2D eigenvalue weighted by atomic mass is 10.1. The molecule has 4 heterocycles. The number of likely N-dealkylation sites (tertiary alicyclic amines) is 1. The van der Waals surface area contributed by atoms with Crippen LogP contribution in [0.2, 0.25) is 0 Å². The van der Waals surface area contributed by atoms with Crippen LogP contribution >= 0.6 is 0 Å². The number of hydrogen-bond donors (Lipinski definition) is 2. The summed E-state index contributed by atoms with van der Waals surface area (Å²) in [4.78, 5) is 33.6. The minimum Gasteiger partial charge on any atom is -0.394 e. The van der Waals surface area contributed by atoms with Gasteiger partial charge in [-0.2, -0.15) is 0 Å². The van der Waals surface area contributed by atoms with Gasteiger partial charge in [0.15, 0.2) is 5.82 Å². The number of rotatable bonds is 5. The fourth-order valence-corrected chi connectivity index (χ4v) is 4.49. The molecule has 2 aliphatic rings. The third kappa shape index (κ3) is 4.46. The molecule has 5 rings (SSSR count). The van der Waals surface area contributed by atoms with Gasteiger partial charge < -0.3 is 24.8 Å². The molecule has 35 heavy (non-hydrogen) atoms. The average molecular weight is 480 g/mol. The fraction of sp³-hybridized carbons (Fsp3) is 0.375. The second-order valence-electron chi connectivity index (χ2n) is 8.89. The maximum absolute atomic E-state index is 14.9. The Kier molecular flexibility index (Phi) is 6.16. The van der Waals surface area contributed by atoms with E-state index in [-0.39, 0.29) is 30.1 Å². The van der Waals surface area contributed by atoms with Gasteiger partial charge in [0.25, 0.3) is 5.91 Å². The van der Waals surface area contributed by atoms with E-state index in [1.54, 1.807) is 27.7 Å². The number of anilines is 1. The summed E-state index contributed by atoms with van der Waals surface area (Å²) < 4.78 is 16.6. The Morgan fingerprint density at radius 1 is 1.14 bits per heavy atom. The Labute approximate surface area is 201 Å². The number of nitrogens with one attached hydrogen (secondary N) is 1. The van der Waals surface area contributed by atoms with E-state index in [1.165, 1.54) is 18.5 Å². The smallest absolute Gasteiger partial charge is 0.320 e. The molecule has 10 nitrogen and oxygen atoms in total. The number of pyridine rings is 1. The van der Waals surface area contributed by atoms with E-state index in [0.717, 1.165) is 31.5 Å². The number of aromatic nitrogens is 4. The van der Waals surface area contributed by atoms with E-state index < -0.39 is 11.7 Å². The molecule has 3 aromatic rings. The van der Waals surface area contributed by atoms with Crippen LogP contribution in [0.4, 0.5) is 15.0 Å². The lowest BCUT2D eigenvalue weighted by Crippen LogP contribution is -2.38. The van der Waals surface area contributed by atoms with E-state index in [0.29, 0.717) is 30.2 Å². The molecular weight excluding hydrogens is 453 g/mol. The highest BCUT2D eigenvalue weighted by atomic mass is 19.1. The van der Waals surface area contributed by atoms with Crippen LogP contribution in [0.1, 0.15) is 47.3 Å². The van der Waals surface area contributed by atoms with Crippen LogP contribution in [0.3, 0.4) is 0 Å². The molecule has 182 valence electrons. The lowest BCUT2D eigenvalue weighted by Gasteiger charge is -2.23. The molecule has 0 unspecified atom stereocenters. The number of carbonyl (C=O) groups is 2. The van der Waals surface area contributed by atoms with Gasteiger partial charge in [0.05, 0.1) is 18.2 Å². The number of carbonyl (C=O) groups excluding carboxylic acids is 2. The van der Waals surface area contributed by atoms with Crippen LogP contribution in [0, 0.1) is 5.82 Å². The van der Waals surface area contributed by atoms with Crippen LogP contribution < -0.4 is 5.32 Å². The first-order valence-electron chi connectivity index (χ1n) is 11.6. The molecule has 1 fully saturated rings. The number of aliphatic hydroxyl groups excluding tert-OH is 1. The zero-order chi connectivity index (χ0) is 24.5. The molecule has 11 heteroatoms. The highest BCUT2D eigenvalue weighted by Gasteiger charge is 2.30. The Morgan fingerprint density at radius 2 is 1.89 bits per heavy atom. The zero-order valence-electron chi connectivity index (χ0n) is 19.3. The van der Waals surface area contributed by atoms with Gasteiger partial charge in [0.2, 0.25) is 0 Å². The number of amides is 3. The predicted molar refractivity (Wildman–Crippen MR) is 125 cm³/mol. The second-order valence-corrected chi connectivity index (χ2v) is 8.89. The normalized spacial score (nSPS) is 15.9. The Morgan fingerprint density at radius 3 is 2.63 bits per heavy atom. The fourth-order valence-electron chi connectivity index (χ4n) is 4.49. The van der Waals surface area contributed by atoms with Crippen molar-refractivity contribution in [3.05, 3.63) is 59.2 Å². The van der Waals surface area contributed by atoms with Gasteiger partial charge in [-0.1, -0.05) is 6.07 Å². The molecular formula is C24H26FN7O3. The van der Waals surface area contributed by atoms with Crippen molar-refractivity contribution >= 4 is 17.8 Å². The molecule has 1 atom stereocenters. The van der Waals surface area contributed by atoms with Crippen molar-refractivity contribution in [2.75, 3.05) is 25.0 Å². The Balaban J connectivity index is 1.33. The third-order valence-corrected chi connectivity index (χ3v) is 6.44. The number of hydrogen-bond acceptors (Lipinski definition) is 6. The molecule has 2 N–H and O–H groups in total. The highest BCUT2D eigenvalue weighted by Crippen LogP contribution is 2.28. The van der Waals surface area contributed by atoms with Crippen molar-refractivity contribution in [1.29, 1.82) is 0 Å². The van der Waals surface area contributed by atoms with Crippen molar-refractivity contribution in [2.24, 2.45) is 0 Å². The number of urea groups is 1. The monoisotopic (exact) mass is 479 g/mol. The van der Waals surface area contributed by atoms with Gasteiger partial charge in [-0.05, 0) is 55.2 Å². The first-order valence-corrected chi connectivity index (χ1v) is 11.6. The lowest BCUT2D eigenvalue weighted by molar-refractivity contribution is 0.102. The van der Waals surface area contributed by atoms with E-state index in [2.05, 4.69) is 20.5 Å². The Bertz CT molecular complexity index is 1270. The van der Waals surface area contributed by atoms with Gasteiger partial charge >= 0.3 is 6.03 Å². The highest BCUT2D eigenvalue weighted by molar-refractivity contribution is 6.04. The summed E-state index contributed by atoms with van der Waals surface area (Å²) in [7, 11) is 0. The summed E-state index contributed by atoms with van der Waals surface area (Å²) in [5.41, 5.74) is 1.82. The summed E-state index contributed by atoms with van der Waals surface area (Å²) in [6, 6.07) is 7.56.